The molecule has 2 N–H and O–H groups in total. The van der Waals surface area contributed by atoms with Gasteiger partial charge in [-0.15, -0.1) is 0 Å². The average Bonchev–Trinajstić information content (AvgIpc) is 3.19. The summed E-state index contributed by atoms with van der Waals surface area (Å²) in [6, 6.07) is 13.5. The summed E-state index contributed by atoms with van der Waals surface area (Å²) in [5.41, 5.74) is 4.04. The molecule has 10 nitrogen and oxygen atoms in total. The fourth-order valence-corrected chi connectivity index (χ4v) is 6.31. The first-order valence-corrected chi connectivity index (χ1v) is 14.9. The SMILES string of the molecule is CCOP(=O)(CCCNc1nc(Cl)nc2c3cc(NC(C)=O)ccc3n(Cc3ccc(OC)cc3)c12)OCC. The van der Waals surface area contributed by atoms with Crippen molar-refractivity contribution in [3.8, 4) is 5.75 Å². The number of halogens is 1. The van der Waals surface area contributed by atoms with Crippen molar-refractivity contribution >= 4 is 58.5 Å². The molecule has 0 saturated carbocycles. The number of fused-ring (bicyclic) bond motifs is 3. The highest BCUT2D eigenvalue weighted by Crippen LogP contribution is 2.48. The molecule has 0 radical (unpaired) electrons. The van der Waals surface area contributed by atoms with E-state index in [-0.39, 0.29) is 17.4 Å². The molecule has 208 valence electrons. The summed E-state index contributed by atoms with van der Waals surface area (Å²) in [5, 5.41) is 7.11. The first-order chi connectivity index (χ1) is 18.8. The third-order valence-corrected chi connectivity index (χ3v) is 8.38. The van der Waals surface area contributed by atoms with Crippen molar-refractivity contribution in [3.05, 3.63) is 53.3 Å². The van der Waals surface area contributed by atoms with Crippen LogP contribution in [0.1, 0.15) is 32.8 Å². The van der Waals surface area contributed by atoms with Crippen LogP contribution in [0.4, 0.5) is 11.5 Å². The Kier molecular flexibility index (Phi) is 9.45. The van der Waals surface area contributed by atoms with Crippen LogP contribution in [0.2, 0.25) is 5.28 Å². The van der Waals surface area contributed by atoms with Gasteiger partial charge in [0.1, 0.15) is 16.8 Å². The number of amides is 1. The minimum Gasteiger partial charge on any atom is -0.497 e. The first-order valence-electron chi connectivity index (χ1n) is 12.8. The zero-order chi connectivity index (χ0) is 28.0. The molecule has 0 aliphatic carbocycles. The molecule has 4 aromatic rings. The van der Waals surface area contributed by atoms with Crippen LogP contribution in [-0.2, 0) is 25.0 Å². The quantitative estimate of drug-likeness (QED) is 0.108. The minimum atomic E-state index is -3.15. The second-order valence-corrected chi connectivity index (χ2v) is 11.4. The Morgan fingerprint density at radius 1 is 1.08 bits per heavy atom. The molecule has 0 bridgehead atoms. The Bertz CT molecular complexity index is 1500. The van der Waals surface area contributed by atoms with E-state index >= 15 is 0 Å². The number of benzene rings is 2. The average molecular weight is 574 g/mol. The number of methoxy groups -OCH3 is 1. The third kappa shape index (κ3) is 6.89. The lowest BCUT2D eigenvalue weighted by Crippen LogP contribution is -2.10. The number of ether oxygens (including phenoxy) is 1. The largest absolute Gasteiger partial charge is 0.497 e. The van der Waals surface area contributed by atoms with Crippen LogP contribution in [-0.4, -0.2) is 53.5 Å². The van der Waals surface area contributed by atoms with E-state index in [9.17, 15) is 9.36 Å². The number of nitrogens with zero attached hydrogens (tertiary/aromatic N) is 3. The molecule has 39 heavy (non-hydrogen) atoms. The lowest BCUT2D eigenvalue weighted by molar-refractivity contribution is -0.114. The second kappa shape index (κ2) is 12.8. The van der Waals surface area contributed by atoms with Crippen molar-refractivity contribution in [3.63, 3.8) is 0 Å². The van der Waals surface area contributed by atoms with Crippen LogP contribution in [0.3, 0.4) is 0 Å². The van der Waals surface area contributed by atoms with Gasteiger partial charge < -0.3 is 29.0 Å². The van der Waals surface area contributed by atoms with E-state index in [1.54, 1.807) is 21.0 Å². The van der Waals surface area contributed by atoms with Gasteiger partial charge in [-0.1, -0.05) is 12.1 Å². The van der Waals surface area contributed by atoms with Crippen LogP contribution in [0.15, 0.2) is 42.5 Å². The molecular formula is C27H33ClN5O5P. The van der Waals surface area contributed by atoms with Crippen molar-refractivity contribution in [2.24, 2.45) is 0 Å². The van der Waals surface area contributed by atoms with Gasteiger partial charge in [-0.3, -0.25) is 9.36 Å². The fraction of sp³-hybridized carbons (Fsp3) is 0.370. The van der Waals surface area contributed by atoms with E-state index < -0.39 is 7.60 Å². The molecule has 2 aromatic heterocycles. The van der Waals surface area contributed by atoms with E-state index in [4.69, 9.17) is 25.4 Å². The van der Waals surface area contributed by atoms with Crippen LogP contribution in [0, 0.1) is 0 Å². The zero-order valence-electron chi connectivity index (χ0n) is 22.5. The molecule has 0 saturated heterocycles. The highest BCUT2D eigenvalue weighted by Gasteiger charge is 2.23. The van der Waals surface area contributed by atoms with Gasteiger partial charge in [0.2, 0.25) is 11.2 Å². The predicted octanol–water partition coefficient (Wildman–Crippen LogP) is 6.32. The Labute approximate surface area is 232 Å². The minimum absolute atomic E-state index is 0.0905. The van der Waals surface area contributed by atoms with Gasteiger partial charge in [-0.2, -0.15) is 4.98 Å². The summed E-state index contributed by atoms with van der Waals surface area (Å²) in [5.74, 6) is 1.16. The Morgan fingerprint density at radius 3 is 2.44 bits per heavy atom. The topological polar surface area (TPSA) is 117 Å². The van der Waals surface area contributed by atoms with E-state index in [2.05, 4.69) is 25.2 Å². The van der Waals surface area contributed by atoms with Gasteiger partial charge in [-0.25, -0.2) is 4.98 Å². The van der Waals surface area contributed by atoms with E-state index in [0.717, 1.165) is 27.7 Å². The lowest BCUT2D eigenvalue weighted by Gasteiger charge is -2.17. The molecule has 1 amide bonds. The van der Waals surface area contributed by atoms with Crippen molar-refractivity contribution < 1.29 is 23.1 Å². The molecule has 0 atom stereocenters. The van der Waals surface area contributed by atoms with Crippen LogP contribution >= 0.6 is 19.2 Å². The molecule has 0 aliphatic heterocycles. The Morgan fingerprint density at radius 2 is 1.79 bits per heavy atom. The molecule has 2 aromatic carbocycles. The highest BCUT2D eigenvalue weighted by molar-refractivity contribution is 7.53. The molecule has 0 unspecified atom stereocenters. The number of carbonyl (C=O) groups is 1. The van der Waals surface area contributed by atoms with Gasteiger partial charge in [-0.05, 0) is 67.8 Å². The van der Waals surface area contributed by atoms with Crippen LogP contribution in [0.5, 0.6) is 5.75 Å². The zero-order valence-corrected chi connectivity index (χ0v) is 24.1. The summed E-state index contributed by atoms with van der Waals surface area (Å²) in [6.07, 6.45) is 0.810. The summed E-state index contributed by atoms with van der Waals surface area (Å²) in [7, 11) is -1.52. The van der Waals surface area contributed by atoms with Gasteiger partial charge in [0, 0.05) is 31.1 Å². The second-order valence-electron chi connectivity index (χ2n) is 8.84. The summed E-state index contributed by atoms with van der Waals surface area (Å²) in [4.78, 5) is 20.8. The lowest BCUT2D eigenvalue weighted by atomic mass is 10.2. The number of nitrogens with one attached hydrogen (secondary N) is 2. The standard InChI is InChI=1S/C27H33ClN5O5P/c1-5-37-39(35,38-6-2)15-7-14-29-26-25-24(31-27(28)32-26)22-16-20(30-18(3)34)10-13-23(22)33(25)17-19-8-11-21(36-4)12-9-19/h8-13,16H,5-7,14-15,17H2,1-4H3,(H,30,34)(H,29,31,32). The maximum Gasteiger partial charge on any atom is 0.330 e. The predicted molar refractivity (Wildman–Crippen MR) is 155 cm³/mol. The first kappa shape index (κ1) is 28.8. The third-order valence-electron chi connectivity index (χ3n) is 6.04. The fourth-order valence-electron chi connectivity index (χ4n) is 4.47. The molecule has 0 fully saturated rings. The van der Waals surface area contributed by atoms with Crippen molar-refractivity contribution in [1.82, 2.24) is 14.5 Å². The Balaban J connectivity index is 1.74. The molecule has 4 rings (SSSR count). The van der Waals surface area contributed by atoms with E-state index in [1.807, 2.05) is 42.5 Å². The molecule has 0 aliphatic rings. The van der Waals surface area contributed by atoms with Gasteiger partial charge in [0.05, 0.1) is 32.0 Å². The maximum atomic E-state index is 12.9. The number of carbonyl (C=O) groups excluding carboxylic acids is 1. The summed E-state index contributed by atoms with van der Waals surface area (Å²) >= 11 is 6.38. The van der Waals surface area contributed by atoms with Gasteiger partial charge in [0.15, 0.2) is 5.82 Å². The molecule has 0 spiro atoms. The van der Waals surface area contributed by atoms with Crippen molar-refractivity contribution in [2.75, 3.05) is 43.7 Å². The molecule has 2 heterocycles. The number of rotatable bonds is 13. The number of aromatic nitrogens is 3. The van der Waals surface area contributed by atoms with Crippen LogP contribution in [0.25, 0.3) is 21.9 Å². The van der Waals surface area contributed by atoms with E-state index in [1.165, 1.54) is 6.92 Å². The highest BCUT2D eigenvalue weighted by atomic mass is 35.5. The number of anilines is 2. The number of hydrogen-bond acceptors (Lipinski definition) is 8. The monoisotopic (exact) mass is 573 g/mol. The van der Waals surface area contributed by atoms with Crippen molar-refractivity contribution in [2.45, 2.75) is 33.7 Å². The Hall–Kier alpha value is -3.17. The van der Waals surface area contributed by atoms with Gasteiger partial charge in [0.25, 0.3) is 0 Å². The molecule has 12 heteroatoms. The van der Waals surface area contributed by atoms with E-state index in [0.29, 0.717) is 49.7 Å². The molecular weight excluding hydrogens is 541 g/mol. The summed E-state index contributed by atoms with van der Waals surface area (Å²) < 4.78 is 31.1. The summed E-state index contributed by atoms with van der Waals surface area (Å²) in [6.45, 7) is 6.69. The smallest absolute Gasteiger partial charge is 0.330 e. The van der Waals surface area contributed by atoms with Crippen molar-refractivity contribution in [1.29, 1.82) is 0 Å². The maximum absolute atomic E-state index is 12.9. The van der Waals surface area contributed by atoms with Gasteiger partial charge >= 0.3 is 7.60 Å². The van der Waals surface area contributed by atoms with Crippen LogP contribution < -0.4 is 15.4 Å². The normalized spacial score (nSPS) is 11.7. The number of hydrogen-bond donors (Lipinski definition) is 2.